The van der Waals surface area contributed by atoms with Crippen molar-refractivity contribution in [3.63, 3.8) is 0 Å². The molecule has 5 nitrogen and oxygen atoms in total. The van der Waals surface area contributed by atoms with Crippen molar-refractivity contribution in [1.82, 2.24) is 20.0 Å². The molecule has 0 aliphatic carbocycles. The first-order valence-corrected chi connectivity index (χ1v) is 5.35. The summed E-state index contributed by atoms with van der Waals surface area (Å²) < 4.78 is 0. The zero-order valence-corrected chi connectivity index (χ0v) is 10.2. The number of pyridine rings is 1. The molecule has 86 valence electrons. The van der Waals surface area contributed by atoms with Crippen molar-refractivity contribution < 1.29 is 0 Å². The number of nitriles is 1. The average Bonchev–Trinajstić information content (AvgIpc) is 2.75. The lowest BCUT2D eigenvalue weighted by Gasteiger charge is -2.17. The van der Waals surface area contributed by atoms with Crippen molar-refractivity contribution in [3.05, 3.63) is 40.9 Å². The molecular weight excluding hydrogens is 238 g/mol. The molecule has 0 aromatic carbocycles. The van der Waals surface area contributed by atoms with Gasteiger partial charge in [0, 0.05) is 7.05 Å². The molecule has 2 aromatic heterocycles. The fourth-order valence-electron chi connectivity index (χ4n) is 1.51. The second-order valence-corrected chi connectivity index (χ2v) is 4.19. The van der Waals surface area contributed by atoms with Crippen molar-refractivity contribution in [3.8, 4) is 6.07 Å². The van der Waals surface area contributed by atoms with Gasteiger partial charge < -0.3 is 0 Å². The molecule has 0 fully saturated rings. The Morgan fingerprint density at radius 2 is 2.18 bits per heavy atom. The second-order valence-electron chi connectivity index (χ2n) is 3.80. The summed E-state index contributed by atoms with van der Waals surface area (Å²) in [4.78, 5) is 5.58. The van der Waals surface area contributed by atoms with Crippen LogP contribution in [0, 0.1) is 11.3 Å². The molecule has 0 aliphatic rings. The summed E-state index contributed by atoms with van der Waals surface area (Å²) >= 11 is 5.84. The average molecular weight is 248 g/mol. The monoisotopic (exact) mass is 247 g/mol. The minimum Gasteiger partial charge on any atom is -0.239 e. The van der Waals surface area contributed by atoms with E-state index >= 15 is 0 Å². The van der Waals surface area contributed by atoms with Gasteiger partial charge in [0.2, 0.25) is 0 Å². The van der Waals surface area contributed by atoms with E-state index in [0.29, 0.717) is 16.5 Å². The Morgan fingerprint density at radius 1 is 1.41 bits per heavy atom. The normalized spacial score (nSPS) is 14.0. The highest BCUT2D eigenvalue weighted by molar-refractivity contribution is 6.29. The summed E-state index contributed by atoms with van der Waals surface area (Å²) in [7, 11) is 1.70. The van der Waals surface area contributed by atoms with Crippen LogP contribution in [-0.4, -0.2) is 20.0 Å². The molecule has 2 aromatic rings. The SMILES string of the molecule is Cn1ncc(C(C)(C#N)c2cccc(Cl)n2)n1. The zero-order chi connectivity index (χ0) is 12.5. The zero-order valence-electron chi connectivity index (χ0n) is 9.42. The van der Waals surface area contributed by atoms with E-state index in [1.165, 1.54) is 4.80 Å². The van der Waals surface area contributed by atoms with E-state index in [9.17, 15) is 5.26 Å². The van der Waals surface area contributed by atoms with E-state index in [4.69, 9.17) is 11.6 Å². The van der Waals surface area contributed by atoms with E-state index in [1.807, 2.05) is 0 Å². The Hall–Kier alpha value is -1.93. The first kappa shape index (κ1) is 11.6. The lowest BCUT2D eigenvalue weighted by Crippen LogP contribution is -2.23. The molecule has 17 heavy (non-hydrogen) atoms. The highest BCUT2D eigenvalue weighted by atomic mass is 35.5. The highest BCUT2D eigenvalue weighted by Gasteiger charge is 2.33. The highest BCUT2D eigenvalue weighted by Crippen LogP contribution is 2.28. The van der Waals surface area contributed by atoms with Crippen LogP contribution in [-0.2, 0) is 12.5 Å². The standard InChI is InChI=1S/C11H10ClN5/c1-11(7-13,9-6-14-17(2)16-9)8-4-3-5-10(12)15-8/h3-6H,1-2H3. The Kier molecular flexibility index (Phi) is 2.82. The fourth-order valence-corrected chi connectivity index (χ4v) is 1.67. The smallest absolute Gasteiger partial charge is 0.142 e. The topological polar surface area (TPSA) is 67.4 Å². The van der Waals surface area contributed by atoms with E-state index < -0.39 is 5.41 Å². The molecule has 1 atom stereocenters. The van der Waals surface area contributed by atoms with Crippen LogP contribution in [0.4, 0.5) is 0 Å². The molecule has 0 radical (unpaired) electrons. The lowest BCUT2D eigenvalue weighted by atomic mass is 9.85. The molecule has 0 saturated carbocycles. The van der Waals surface area contributed by atoms with E-state index in [1.54, 1.807) is 38.4 Å². The van der Waals surface area contributed by atoms with Gasteiger partial charge in [-0.2, -0.15) is 20.3 Å². The number of aromatic nitrogens is 4. The Bertz CT molecular complexity index is 586. The Balaban J connectivity index is 2.56. The van der Waals surface area contributed by atoms with Crippen molar-refractivity contribution >= 4 is 11.6 Å². The van der Waals surface area contributed by atoms with Gasteiger partial charge in [0.05, 0.1) is 18.0 Å². The molecule has 2 heterocycles. The summed E-state index contributed by atoms with van der Waals surface area (Å²) in [5.41, 5.74) is 0.171. The minimum absolute atomic E-state index is 0.355. The van der Waals surface area contributed by atoms with Crippen molar-refractivity contribution in [2.45, 2.75) is 12.3 Å². The van der Waals surface area contributed by atoms with Gasteiger partial charge in [0.25, 0.3) is 0 Å². The first-order valence-electron chi connectivity index (χ1n) is 4.97. The van der Waals surface area contributed by atoms with Crippen LogP contribution in [0.5, 0.6) is 0 Å². The maximum absolute atomic E-state index is 9.38. The van der Waals surface area contributed by atoms with Crippen LogP contribution < -0.4 is 0 Å². The molecule has 0 spiro atoms. The van der Waals surface area contributed by atoms with Gasteiger partial charge in [-0.3, -0.25) is 0 Å². The number of aryl methyl sites for hydroxylation is 1. The third-order valence-corrected chi connectivity index (χ3v) is 2.77. The van der Waals surface area contributed by atoms with Gasteiger partial charge in [-0.15, -0.1) is 0 Å². The van der Waals surface area contributed by atoms with Crippen LogP contribution in [0.2, 0.25) is 5.15 Å². The maximum Gasteiger partial charge on any atom is 0.142 e. The molecule has 0 bridgehead atoms. The summed E-state index contributed by atoms with van der Waals surface area (Å²) in [6.07, 6.45) is 1.56. The van der Waals surface area contributed by atoms with Gasteiger partial charge in [0.15, 0.2) is 0 Å². The second kappa shape index (κ2) is 4.15. The van der Waals surface area contributed by atoms with Crippen molar-refractivity contribution in [2.75, 3.05) is 0 Å². The fraction of sp³-hybridized carbons (Fsp3) is 0.273. The van der Waals surface area contributed by atoms with Gasteiger partial charge in [-0.1, -0.05) is 17.7 Å². The molecule has 0 amide bonds. The quantitative estimate of drug-likeness (QED) is 0.758. The summed E-state index contributed by atoms with van der Waals surface area (Å²) in [5, 5.41) is 17.9. The lowest BCUT2D eigenvalue weighted by molar-refractivity contribution is 0.612. The van der Waals surface area contributed by atoms with Gasteiger partial charge >= 0.3 is 0 Å². The van der Waals surface area contributed by atoms with Gasteiger partial charge in [-0.25, -0.2) is 4.98 Å². The number of hydrogen-bond acceptors (Lipinski definition) is 4. The molecular formula is C11H10ClN5. The third-order valence-electron chi connectivity index (χ3n) is 2.56. The predicted molar refractivity (Wildman–Crippen MR) is 62.3 cm³/mol. The maximum atomic E-state index is 9.38. The third kappa shape index (κ3) is 1.99. The molecule has 6 heteroatoms. The van der Waals surface area contributed by atoms with Crippen LogP contribution >= 0.6 is 11.6 Å². The van der Waals surface area contributed by atoms with Gasteiger partial charge in [-0.05, 0) is 19.1 Å². The summed E-state index contributed by atoms with van der Waals surface area (Å²) in [5.74, 6) is 0. The number of halogens is 1. The minimum atomic E-state index is -0.945. The molecule has 1 unspecified atom stereocenters. The summed E-state index contributed by atoms with van der Waals surface area (Å²) in [6.45, 7) is 1.75. The van der Waals surface area contributed by atoms with Crippen LogP contribution in [0.3, 0.4) is 0 Å². The first-order chi connectivity index (χ1) is 8.06. The Labute approximate surface area is 104 Å². The number of rotatable bonds is 2. The van der Waals surface area contributed by atoms with Crippen molar-refractivity contribution in [2.24, 2.45) is 7.05 Å². The van der Waals surface area contributed by atoms with E-state index in [-0.39, 0.29) is 0 Å². The van der Waals surface area contributed by atoms with Crippen molar-refractivity contribution in [1.29, 1.82) is 5.26 Å². The molecule has 2 rings (SSSR count). The van der Waals surface area contributed by atoms with E-state index in [0.717, 1.165) is 0 Å². The van der Waals surface area contributed by atoms with Gasteiger partial charge in [0.1, 0.15) is 16.3 Å². The molecule has 0 N–H and O–H groups in total. The molecule has 0 saturated heterocycles. The predicted octanol–water partition coefficient (Wildman–Crippen LogP) is 1.69. The molecule has 0 aliphatic heterocycles. The largest absolute Gasteiger partial charge is 0.239 e. The summed E-state index contributed by atoms with van der Waals surface area (Å²) in [6, 6.07) is 7.40. The number of nitrogens with zero attached hydrogens (tertiary/aromatic N) is 5. The van der Waals surface area contributed by atoms with Crippen LogP contribution in [0.15, 0.2) is 24.4 Å². The van der Waals surface area contributed by atoms with Crippen LogP contribution in [0.1, 0.15) is 18.3 Å². The Morgan fingerprint density at radius 3 is 2.71 bits per heavy atom. The van der Waals surface area contributed by atoms with Crippen LogP contribution in [0.25, 0.3) is 0 Å². The van der Waals surface area contributed by atoms with E-state index in [2.05, 4.69) is 21.3 Å². The number of hydrogen-bond donors (Lipinski definition) is 0.